The molecule has 2 aliphatic rings. The molecule has 25 heavy (non-hydrogen) atoms. The van der Waals surface area contributed by atoms with Crippen LogP contribution in [0, 0.1) is 0 Å². The van der Waals surface area contributed by atoms with Gasteiger partial charge >= 0.3 is 12.1 Å². The number of rotatable bonds is 4. The lowest BCUT2D eigenvalue weighted by Crippen LogP contribution is -2.49. The number of esters is 1. The van der Waals surface area contributed by atoms with Crippen molar-refractivity contribution in [2.75, 3.05) is 36.0 Å². The van der Waals surface area contributed by atoms with Crippen molar-refractivity contribution in [2.45, 2.75) is 19.3 Å². The summed E-state index contributed by atoms with van der Waals surface area (Å²) in [7, 11) is 0. The molecule has 2 fully saturated rings. The Hall–Kier alpha value is -2.65. The van der Waals surface area contributed by atoms with Gasteiger partial charge in [-0.2, -0.15) is 0 Å². The molecular formula is C16H19N3O6. The quantitative estimate of drug-likeness (QED) is 0.774. The molecule has 2 atom stereocenters. The van der Waals surface area contributed by atoms with E-state index in [2.05, 4.69) is 0 Å². The maximum absolute atomic E-state index is 12.4. The molecule has 9 heteroatoms. The Kier molecular flexibility index (Phi) is 4.86. The summed E-state index contributed by atoms with van der Waals surface area (Å²) < 4.78 is 15.2. The molecular weight excluding hydrogens is 330 g/mol. The molecule has 1 aromatic rings. The summed E-state index contributed by atoms with van der Waals surface area (Å²) in [6.45, 7) is 2.47. The second kappa shape index (κ2) is 7.08. The Morgan fingerprint density at radius 2 is 1.88 bits per heavy atom. The molecule has 0 saturated carbocycles. The number of amides is 2. The Labute approximate surface area is 144 Å². The molecule has 3 rings (SSSR count). The van der Waals surface area contributed by atoms with E-state index in [1.807, 2.05) is 0 Å². The minimum Gasteiger partial charge on any atom is -0.443 e. The lowest BCUT2D eigenvalue weighted by Gasteiger charge is -2.31. The lowest BCUT2D eigenvalue weighted by atomic mass is 10.2. The van der Waals surface area contributed by atoms with E-state index in [-0.39, 0.29) is 19.3 Å². The molecule has 2 heterocycles. The Balaban J connectivity index is 1.73. The third-order valence-electron chi connectivity index (χ3n) is 3.93. The number of benzene rings is 1. The van der Waals surface area contributed by atoms with Gasteiger partial charge in [0.2, 0.25) is 0 Å². The molecule has 2 aliphatic heterocycles. The smallest absolute Gasteiger partial charge is 0.414 e. The van der Waals surface area contributed by atoms with E-state index in [0.29, 0.717) is 24.5 Å². The predicted molar refractivity (Wildman–Crippen MR) is 87.0 cm³/mol. The van der Waals surface area contributed by atoms with Gasteiger partial charge in [0.1, 0.15) is 6.10 Å². The second-order valence-electron chi connectivity index (χ2n) is 5.67. The van der Waals surface area contributed by atoms with E-state index in [1.165, 1.54) is 16.7 Å². The zero-order valence-corrected chi connectivity index (χ0v) is 13.7. The van der Waals surface area contributed by atoms with Crippen LogP contribution in [0.25, 0.3) is 0 Å². The van der Waals surface area contributed by atoms with Gasteiger partial charge in [0.15, 0.2) is 0 Å². The van der Waals surface area contributed by atoms with Crippen LogP contribution in [-0.4, -0.2) is 56.6 Å². The SMILES string of the molecule is CC(=O)OC1OCCN(c2ccc(N3CC(CN)OC3=O)cc2)C1=O. The topological polar surface area (TPSA) is 111 Å². The molecule has 2 amide bonds. The number of nitrogens with two attached hydrogens (primary N) is 1. The highest BCUT2D eigenvalue weighted by atomic mass is 16.7. The fourth-order valence-corrected chi connectivity index (χ4v) is 2.72. The number of morpholine rings is 1. The lowest BCUT2D eigenvalue weighted by molar-refractivity contribution is -0.187. The van der Waals surface area contributed by atoms with Gasteiger partial charge in [-0.25, -0.2) is 4.79 Å². The zero-order chi connectivity index (χ0) is 18.0. The van der Waals surface area contributed by atoms with Gasteiger partial charge in [0.05, 0.1) is 13.2 Å². The summed E-state index contributed by atoms with van der Waals surface area (Å²) in [5, 5.41) is 0. The summed E-state index contributed by atoms with van der Waals surface area (Å²) in [6, 6.07) is 6.87. The fourth-order valence-electron chi connectivity index (χ4n) is 2.72. The first-order chi connectivity index (χ1) is 12.0. The number of hydrogen-bond acceptors (Lipinski definition) is 7. The molecule has 134 valence electrons. The molecule has 2 saturated heterocycles. The van der Waals surface area contributed by atoms with Gasteiger partial charge in [0, 0.05) is 31.4 Å². The van der Waals surface area contributed by atoms with Crippen molar-refractivity contribution in [3.8, 4) is 0 Å². The third kappa shape index (κ3) is 3.57. The van der Waals surface area contributed by atoms with E-state index < -0.39 is 24.3 Å². The number of anilines is 2. The van der Waals surface area contributed by atoms with Crippen LogP contribution in [-0.2, 0) is 23.8 Å². The molecule has 0 spiro atoms. The van der Waals surface area contributed by atoms with Crippen LogP contribution in [0.4, 0.5) is 16.2 Å². The fraction of sp³-hybridized carbons (Fsp3) is 0.438. The number of hydrogen-bond donors (Lipinski definition) is 1. The first-order valence-corrected chi connectivity index (χ1v) is 7.88. The average molecular weight is 349 g/mol. The van der Waals surface area contributed by atoms with Crippen molar-refractivity contribution < 1.29 is 28.6 Å². The van der Waals surface area contributed by atoms with Crippen LogP contribution >= 0.6 is 0 Å². The molecule has 0 aliphatic carbocycles. The Morgan fingerprint density at radius 3 is 2.44 bits per heavy atom. The minimum absolute atomic E-state index is 0.252. The second-order valence-corrected chi connectivity index (χ2v) is 5.67. The van der Waals surface area contributed by atoms with Gasteiger partial charge in [-0.05, 0) is 24.3 Å². The van der Waals surface area contributed by atoms with E-state index in [1.54, 1.807) is 24.3 Å². The van der Waals surface area contributed by atoms with Gasteiger partial charge in [0.25, 0.3) is 12.2 Å². The number of carbonyl (C=O) groups is 3. The van der Waals surface area contributed by atoms with Crippen LogP contribution in [0.1, 0.15) is 6.92 Å². The third-order valence-corrected chi connectivity index (χ3v) is 3.93. The van der Waals surface area contributed by atoms with Crippen molar-refractivity contribution >= 4 is 29.3 Å². The molecule has 2 N–H and O–H groups in total. The van der Waals surface area contributed by atoms with Crippen LogP contribution in [0.5, 0.6) is 0 Å². The van der Waals surface area contributed by atoms with Gasteiger partial charge in [-0.1, -0.05) is 0 Å². The minimum atomic E-state index is -1.23. The first-order valence-electron chi connectivity index (χ1n) is 7.88. The zero-order valence-electron chi connectivity index (χ0n) is 13.7. The molecule has 0 aromatic heterocycles. The van der Waals surface area contributed by atoms with E-state index in [4.69, 9.17) is 19.9 Å². The van der Waals surface area contributed by atoms with Crippen LogP contribution in [0.2, 0.25) is 0 Å². The van der Waals surface area contributed by atoms with Crippen molar-refractivity contribution in [3.63, 3.8) is 0 Å². The highest BCUT2D eigenvalue weighted by Crippen LogP contribution is 2.26. The Morgan fingerprint density at radius 1 is 1.24 bits per heavy atom. The van der Waals surface area contributed by atoms with Gasteiger partial charge in [-0.3, -0.25) is 14.5 Å². The van der Waals surface area contributed by atoms with Crippen molar-refractivity contribution in [1.29, 1.82) is 0 Å². The van der Waals surface area contributed by atoms with Crippen LogP contribution in [0.15, 0.2) is 24.3 Å². The molecule has 9 nitrogen and oxygen atoms in total. The number of cyclic esters (lactones) is 1. The maximum atomic E-state index is 12.4. The number of nitrogens with zero attached hydrogens (tertiary/aromatic N) is 2. The first kappa shape index (κ1) is 17.2. The van der Waals surface area contributed by atoms with Crippen LogP contribution in [0.3, 0.4) is 0 Å². The highest BCUT2D eigenvalue weighted by molar-refractivity contribution is 5.97. The number of ether oxygens (including phenoxy) is 3. The van der Waals surface area contributed by atoms with Gasteiger partial charge < -0.3 is 24.8 Å². The largest absolute Gasteiger partial charge is 0.443 e. The van der Waals surface area contributed by atoms with E-state index in [9.17, 15) is 14.4 Å². The Bertz CT molecular complexity index is 677. The van der Waals surface area contributed by atoms with Gasteiger partial charge in [-0.15, -0.1) is 0 Å². The summed E-state index contributed by atoms with van der Waals surface area (Å²) in [4.78, 5) is 38.2. The summed E-state index contributed by atoms with van der Waals surface area (Å²) >= 11 is 0. The van der Waals surface area contributed by atoms with Crippen molar-refractivity contribution in [2.24, 2.45) is 5.73 Å². The van der Waals surface area contributed by atoms with E-state index >= 15 is 0 Å². The monoisotopic (exact) mass is 349 g/mol. The molecule has 0 radical (unpaired) electrons. The van der Waals surface area contributed by atoms with Crippen molar-refractivity contribution in [1.82, 2.24) is 0 Å². The predicted octanol–water partition coefficient (Wildman–Crippen LogP) is 0.223. The molecule has 2 unspecified atom stereocenters. The number of carbonyl (C=O) groups excluding carboxylic acids is 3. The maximum Gasteiger partial charge on any atom is 0.414 e. The summed E-state index contributed by atoms with van der Waals surface area (Å²) in [5.74, 6) is -1.03. The normalized spacial score (nSPS) is 23.6. The van der Waals surface area contributed by atoms with Crippen molar-refractivity contribution in [3.05, 3.63) is 24.3 Å². The molecule has 1 aromatic carbocycles. The standard InChI is InChI=1S/C16H19N3O6/c1-10(20)24-15-14(21)18(6-7-23-15)11-2-4-12(5-3-11)19-9-13(8-17)25-16(19)22/h2-5,13,15H,6-9,17H2,1H3. The highest BCUT2D eigenvalue weighted by Gasteiger charge is 2.34. The summed E-state index contributed by atoms with van der Waals surface area (Å²) in [6.07, 6.45) is -2.00. The van der Waals surface area contributed by atoms with E-state index in [0.717, 1.165) is 0 Å². The molecule has 0 bridgehead atoms. The summed E-state index contributed by atoms with van der Waals surface area (Å²) in [5.41, 5.74) is 6.80. The average Bonchev–Trinajstić information content (AvgIpc) is 2.98. The van der Waals surface area contributed by atoms with Crippen LogP contribution < -0.4 is 15.5 Å².